The van der Waals surface area contributed by atoms with Crippen molar-refractivity contribution in [2.75, 3.05) is 13.1 Å². The maximum atomic E-state index is 12.2. The molecule has 1 aliphatic rings. The van der Waals surface area contributed by atoms with Gasteiger partial charge in [0.25, 0.3) is 0 Å². The van der Waals surface area contributed by atoms with Crippen LogP contribution in [0.25, 0.3) is 0 Å². The number of nitrogens with one attached hydrogen (secondary N) is 1. The molecule has 0 bridgehead atoms. The first-order chi connectivity index (χ1) is 11.0. The maximum Gasteiger partial charge on any atom is 0.237 e. The van der Waals surface area contributed by atoms with E-state index in [0.717, 1.165) is 18.4 Å². The molecule has 1 aliphatic heterocycles. The Balaban J connectivity index is 1.77. The molecule has 1 saturated heterocycles. The second kappa shape index (κ2) is 8.11. The number of carbonyl (C=O) groups is 2. The minimum absolute atomic E-state index is 0.0282. The van der Waals surface area contributed by atoms with Gasteiger partial charge in [-0.3, -0.25) is 9.59 Å². The molecule has 3 N–H and O–H groups in total. The van der Waals surface area contributed by atoms with E-state index in [1.54, 1.807) is 0 Å². The van der Waals surface area contributed by atoms with Crippen LogP contribution in [0.4, 0.5) is 0 Å². The van der Waals surface area contributed by atoms with Gasteiger partial charge in [-0.15, -0.1) is 0 Å². The topological polar surface area (TPSA) is 75.4 Å². The van der Waals surface area contributed by atoms with Crippen LogP contribution < -0.4 is 11.1 Å². The third-order valence-corrected chi connectivity index (χ3v) is 4.28. The molecule has 0 saturated carbocycles. The zero-order valence-electron chi connectivity index (χ0n) is 14.0. The molecule has 23 heavy (non-hydrogen) atoms. The average Bonchev–Trinajstić information content (AvgIpc) is 2.55. The first-order valence-electron chi connectivity index (χ1n) is 8.36. The number of hydrogen-bond donors (Lipinski definition) is 2. The summed E-state index contributed by atoms with van der Waals surface area (Å²) in [6, 6.07) is 9.37. The van der Waals surface area contributed by atoms with E-state index >= 15 is 0 Å². The lowest BCUT2D eigenvalue weighted by molar-refractivity contribution is -0.135. The monoisotopic (exact) mass is 317 g/mol. The van der Waals surface area contributed by atoms with Gasteiger partial charge in [0.2, 0.25) is 11.8 Å². The van der Waals surface area contributed by atoms with Gasteiger partial charge in [-0.1, -0.05) is 44.2 Å². The van der Waals surface area contributed by atoms with Crippen LogP contribution in [0, 0.1) is 5.92 Å². The Morgan fingerprint density at radius 2 is 1.83 bits per heavy atom. The Bertz CT molecular complexity index is 522. The van der Waals surface area contributed by atoms with Gasteiger partial charge in [0.1, 0.15) is 0 Å². The molecule has 0 radical (unpaired) electrons. The van der Waals surface area contributed by atoms with Crippen LogP contribution in [0.3, 0.4) is 0 Å². The minimum atomic E-state index is -0.535. The number of piperidine rings is 1. The number of likely N-dealkylation sites (tertiary alicyclic amines) is 1. The molecule has 0 spiro atoms. The summed E-state index contributed by atoms with van der Waals surface area (Å²) >= 11 is 0. The predicted octanol–water partition coefficient (Wildman–Crippen LogP) is 1.32. The molecular formula is C18H27N3O2. The number of hydrogen-bond acceptors (Lipinski definition) is 3. The molecular weight excluding hydrogens is 290 g/mol. The predicted molar refractivity (Wildman–Crippen MR) is 90.7 cm³/mol. The number of nitrogens with zero attached hydrogens (tertiary/aromatic N) is 1. The maximum absolute atomic E-state index is 12.2. The van der Waals surface area contributed by atoms with Crippen molar-refractivity contribution < 1.29 is 9.59 Å². The first-order valence-corrected chi connectivity index (χ1v) is 8.36. The Hall–Kier alpha value is -1.88. The molecule has 1 aromatic carbocycles. The highest BCUT2D eigenvalue weighted by Crippen LogP contribution is 2.13. The van der Waals surface area contributed by atoms with Crippen LogP contribution in [0.15, 0.2) is 30.3 Å². The lowest BCUT2D eigenvalue weighted by atomic mass is 10.0. The van der Waals surface area contributed by atoms with Crippen molar-refractivity contribution in [1.29, 1.82) is 0 Å². The van der Waals surface area contributed by atoms with E-state index in [-0.39, 0.29) is 23.8 Å². The summed E-state index contributed by atoms with van der Waals surface area (Å²) in [5, 5.41) is 3.03. The molecule has 1 heterocycles. The molecule has 5 heteroatoms. The quantitative estimate of drug-likeness (QED) is 0.860. The van der Waals surface area contributed by atoms with E-state index < -0.39 is 6.04 Å². The fraction of sp³-hybridized carbons (Fsp3) is 0.556. The van der Waals surface area contributed by atoms with Gasteiger partial charge in [0, 0.05) is 25.0 Å². The number of rotatable bonds is 5. The second-order valence-electron chi connectivity index (χ2n) is 6.56. The fourth-order valence-corrected chi connectivity index (χ4v) is 2.88. The van der Waals surface area contributed by atoms with Crippen molar-refractivity contribution >= 4 is 11.8 Å². The lowest BCUT2D eigenvalue weighted by Crippen LogP contribution is -2.51. The van der Waals surface area contributed by atoms with Gasteiger partial charge < -0.3 is 16.0 Å². The highest BCUT2D eigenvalue weighted by molar-refractivity contribution is 5.82. The molecule has 2 amide bonds. The highest BCUT2D eigenvalue weighted by atomic mass is 16.2. The van der Waals surface area contributed by atoms with E-state index in [1.165, 1.54) is 0 Å². The normalized spacial score (nSPS) is 17.1. The fourth-order valence-electron chi connectivity index (χ4n) is 2.88. The Morgan fingerprint density at radius 3 is 2.39 bits per heavy atom. The van der Waals surface area contributed by atoms with Crippen molar-refractivity contribution in [3.8, 4) is 0 Å². The standard InChI is InChI=1S/C18H27N3O2/c1-13(2)18(23)21-10-8-15(9-11-21)20-17(22)16(19)12-14-6-4-3-5-7-14/h3-7,13,15-16H,8-12,19H2,1-2H3,(H,20,22). The van der Waals surface area contributed by atoms with Crippen molar-refractivity contribution in [3.05, 3.63) is 35.9 Å². The van der Waals surface area contributed by atoms with Crippen LogP contribution >= 0.6 is 0 Å². The summed E-state index contributed by atoms with van der Waals surface area (Å²) in [5.41, 5.74) is 7.07. The summed E-state index contributed by atoms with van der Waals surface area (Å²) in [7, 11) is 0. The Kier molecular flexibility index (Phi) is 6.16. The van der Waals surface area contributed by atoms with Gasteiger partial charge >= 0.3 is 0 Å². The van der Waals surface area contributed by atoms with E-state index in [4.69, 9.17) is 5.73 Å². The molecule has 1 fully saturated rings. The number of nitrogens with two attached hydrogens (primary N) is 1. The van der Waals surface area contributed by atoms with Crippen LogP contribution in [0.1, 0.15) is 32.3 Å². The van der Waals surface area contributed by atoms with Crippen LogP contribution in [-0.4, -0.2) is 41.9 Å². The smallest absolute Gasteiger partial charge is 0.237 e. The molecule has 0 aliphatic carbocycles. The Labute approximate surface area is 138 Å². The van der Waals surface area contributed by atoms with Crippen molar-refractivity contribution in [1.82, 2.24) is 10.2 Å². The first kappa shape index (κ1) is 17.5. The van der Waals surface area contributed by atoms with Gasteiger partial charge in [0.15, 0.2) is 0 Å². The second-order valence-corrected chi connectivity index (χ2v) is 6.56. The average molecular weight is 317 g/mol. The molecule has 126 valence electrons. The van der Waals surface area contributed by atoms with Gasteiger partial charge in [-0.05, 0) is 24.8 Å². The van der Waals surface area contributed by atoms with Gasteiger partial charge in [-0.25, -0.2) is 0 Å². The number of benzene rings is 1. The largest absolute Gasteiger partial charge is 0.352 e. The zero-order valence-corrected chi connectivity index (χ0v) is 14.0. The van der Waals surface area contributed by atoms with E-state index in [2.05, 4.69) is 5.32 Å². The minimum Gasteiger partial charge on any atom is -0.352 e. The molecule has 1 unspecified atom stereocenters. The van der Waals surface area contributed by atoms with E-state index in [9.17, 15) is 9.59 Å². The SMILES string of the molecule is CC(C)C(=O)N1CCC(NC(=O)C(N)Cc2ccccc2)CC1. The Morgan fingerprint density at radius 1 is 1.22 bits per heavy atom. The van der Waals surface area contributed by atoms with Gasteiger partial charge in [-0.2, -0.15) is 0 Å². The molecule has 1 atom stereocenters. The molecule has 2 rings (SSSR count). The third-order valence-electron chi connectivity index (χ3n) is 4.28. The zero-order chi connectivity index (χ0) is 16.8. The number of amides is 2. The van der Waals surface area contributed by atoms with Crippen molar-refractivity contribution in [2.24, 2.45) is 11.7 Å². The van der Waals surface area contributed by atoms with E-state index in [0.29, 0.717) is 19.5 Å². The van der Waals surface area contributed by atoms with E-state index in [1.807, 2.05) is 49.1 Å². The van der Waals surface area contributed by atoms with Crippen LogP contribution in [-0.2, 0) is 16.0 Å². The third kappa shape index (κ3) is 5.06. The molecule has 1 aromatic rings. The summed E-state index contributed by atoms with van der Waals surface area (Å²) in [4.78, 5) is 26.1. The van der Waals surface area contributed by atoms with Crippen molar-refractivity contribution in [3.63, 3.8) is 0 Å². The molecule has 5 nitrogen and oxygen atoms in total. The molecule has 0 aromatic heterocycles. The summed E-state index contributed by atoms with van der Waals surface area (Å²) in [5.74, 6) is 0.110. The van der Waals surface area contributed by atoms with Crippen molar-refractivity contribution in [2.45, 2.75) is 45.2 Å². The summed E-state index contributed by atoms with van der Waals surface area (Å²) in [6.45, 7) is 5.24. The summed E-state index contributed by atoms with van der Waals surface area (Å²) < 4.78 is 0. The lowest BCUT2D eigenvalue weighted by Gasteiger charge is -2.33. The highest BCUT2D eigenvalue weighted by Gasteiger charge is 2.26. The van der Waals surface area contributed by atoms with Crippen LogP contribution in [0.2, 0.25) is 0 Å². The summed E-state index contributed by atoms with van der Waals surface area (Å²) in [6.07, 6.45) is 2.13. The van der Waals surface area contributed by atoms with Crippen LogP contribution in [0.5, 0.6) is 0 Å². The number of carbonyl (C=O) groups excluding carboxylic acids is 2. The van der Waals surface area contributed by atoms with Gasteiger partial charge in [0.05, 0.1) is 6.04 Å².